The van der Waals surface area contributed by atoms with Gasteiger partial charge in [0, 0.05) is 23.5 Å². The number of Topliss-reactive ketones (excluding diaryl/α,β-unsaturated/α-hetero) is 1. The van der Waals surface area contributed by atoms with Crippen molar-refractivity contribution in [2.24, 2.45) is 5.92 Å². The largest absolute Gasteiger partial charge is 0.491 e. The Balaban J connectivity index is 1.41. The van der Waals surface area contributed by atoms with Gasteiger partial charge in [0.2, 0.25) is 0 Å². The minimum Gasteiger partial charge on any atom is -0.491 e. The van der Waals surface area contributed by atoms with Gasteiger partial charge in [-0.3, -0.25) is 4.79 Å². The lowest BCUT2D eigenvalue weighted by molar-refractivity contribution is 0.0978. The third kappa shape index (κ3) is 5.24. The molecule has 0 spiro atoms. The van der Waals surface area contributed by atoms with Gasteiger partial charge < -0.3 is 14.8 Å². The highest BCUT2D eigenvalue weighted by Crippen LogP contribution is 2.40. The van der Waals surface area contributed by atoms with Gasteiger partial charge in [0.05, 0.1) is 21.9 Å². The number of carbonyl (C=O) groups excluding carboxylic acids is 1. The number of ketones is 1. The Kier molecular flexibility index (Phi) is 7.25. The number of rotatable bonds is 9. The lowest BCUT2D eigenvalue weighted by Crippen LogP contribution is -2.35. The third-order valence-electron chi connectivity index (χ3n) is 6.79. The first-order valence-corrected chi connectivity index (χ1v) is 13.3. The first kappa shape index (κ1) is 25.1. The van der Waals surface area contributed by atoms with Crippen LogP contribution in [0, 0.1) is 5.92 Å². The molecule has 7 heteroatoms. The molecule has 2 aliphatic rings. The topological polar surface area (TPSA) is 75.2 Å². The highest BCUT2D eigenvalue weighted by atomic mass is 35.5. The van der Waals surface area contributed by atoms with Crippen LogP contribution in [0.3, 0.4) is 0 Å². The Bertz CT molecular complexity index is 1380. The van der Waals surface area contributed by atoms with Crippen LogP contribution in [0.25, 0.3) is 11.1 Å². The van der Waals surface area contributed by atoms with Crippen molar-refractivity contribution in [3.63, 3.8) is 0 Å². The zero-order valence-corrected chi connectivity index (χ0v) is 21.9. The van der Waals surface area contributed by atoms with Crippen LogP contribution in [0.2, 0.25) is 0 Å². The van der Waals surface area contributed by atoms with Crippen molar-refractivity contribution < 1.29 is 14.6 Å². The summed E-state index contributed by atoms with van der Waals surface area (Å²) < 4.78 is 6.00. The van der Waals surface area contributed by atoms with Crippen molar-refractivity contribution in [3.05, 3.63) is 81.7 Å². The first-order valence-electron chi connectivity index (χ1n) is 12.5. The van der Waals surface area contributed by atoms with Crippen LogP contribution in [-0.4, -0.2) is 32.3 Å². The molecule has 5 rings (SSSR count). The molecule has 2 aliphatic carbocycles. The smallest absolute Gasteiger partial charge is 0.162 e. The number of hydrogen-bond donors (Lipinski definition) is 2. The van der Waals surface area contributed by atoms with E-state index in [0.717, 1.165) is 23.7 Å². The molecule has 0 amide bonds. The molecule has 1 saturated carbocycles. The van der Waals surface area contributed by atoms with Crippen molar-refractivity contribution in [1.82, 2.24) is 9.97 Å². The van der Waals surface area contributed by atoms with E-state index in [-0.39, 0.29) is 17.8 Å². The number of fused-ring (bicyclic) bond motifs is 1. The molecule has 188 valence electrons. The fraction of sp³-hybridized carbons (Fsp3) is 0.379. The number of nitrogens with one attached hydrogen (secondary N) is 1. The predicted molar refractivity (Wildman–Crippen MR) is 143 cm³/mol. The number of aromatic amines is 1. The number of imidazole rings is 1. The zero-order chi connectivity index (χ0) is 25.4. The summed E-state index contributed by atoms with van der Waals surface area (Å²) in [6.45, 7) is 3.95. The summed E-state index contributed by atoms with van der Waals surface area (Å²) >= 11 is 13.7. The van der Waals surface area contributed by atoms with E-state index in [9.17, 15) is 9.90 Å². The summed E-state index contributed by atoms with van der Waals surface area (Å²) in [6, 6.07) is 14.8. The second-order valence-corrected chi connectivity index (χ2v) is 10.9. The molecular formula is C29H30Cl2N2O3. The number of aliphatic hydroxyl groups is 1. The highest BCUT2D eigenvalue weighted by molar-refractivity contribution is 6.47. The fourth-order valence-electron chi connectivity index (χ4n) is 4.68. The minimum absolute atomic E-state index is 0.00819. The first-order chi connectivity index (χ1) is 17.3. The van der Waals surface area contributed by atoms with Crippen molar-refractivity contribution >= 4 is 40.1 Å². The molecule has 0 radical (unpaired) electrons. The molecule has 1 aromatic heterocycles. The number of hydrogen-bond acceptors (Lipinski definition) is 4. The van der Waals surface area contributed by atoms with Gasteiger partial charge in [0.1, 0.15) is 23.0 Å². The van der Waals surface area contributed by atoms with Gasteiger partial charge in [-0.2, -0.15) is 0 Å². The number of nitrogens with zero attached hydrogens (tertiary/aromatic N) is 1. The second-order valence-electron chi connectivity index (χ2n) is 9.96. The molecule has 36 heavy (non-hydrogen) atoms. The SMILES string of the molecule is CC(C)Oc1ccccc1C1C(Cl)=c2nc(C(O)c3ccc(C(=O)CCC4CC4)cc3)[nH]c2=CC1Cl. The van der Waals surface area contributed by atoms with Crippen molar-refractivity contribution in [1.29, 1.82) is 0 Å². The fourth-order valence-corrected chi connectivity index (χ4v) is 5.53. The second kappa shape index (κ2) is 10.4. The van der Waals surface area contributed by atoms with E-state index in [4.69, 9.17) is 27.9 Å². The van der Waals surface area contributed by atoms with E-state index in [2.05, 4.69) is 9.97 Å². The van der Waals surface area contributed by atoms with Crippen LogP contribution in [0.15, 0.2) is 48.5 Å². The molecule has 2 N–H and O–H groups in total. The van der Waals surface area contributed by atoms with Gasteiger partial charge in [-0.1, -0.05) is 66.9 Å². The summed E-state index contributed by atoms with van der Waals surface area (Å²) in [5.74, 6) is 1.65. The number of ether oxygens (including phenoxy) is 1. The number of para-hydroxylation sites is 1. The van der Waals surface area contributed by atoms with Crippen LogP contribution < -0.4 is 15.4 Å². The van der Waals surface area contributed by atoms with E-state index in [0.29, 0.717) is 39.1 Å². The van der Waals surface area contributed by atoms with Gasteiger partial charge >= 0.3 is 0 Å². The molecule has 2 aromatic carbocycles. The number of halogens is 2. The zero-order valence-electron chi connectivity index (χ0n) is 20.4. The van der Waals surface area contributed by atoms with Crippen molar-refractivity contribution in [2.45, 2.75) is 63.0 Å². The lowest BCUT2D eigenvalue weighted by atomic mass is 9.91. The summed E-state index contributed by atoms with van der Waals surface area (Å²) in [6.07, 6.45) is 4.92. The van der Waals surface area contributed by atoms with Crippen LogP contribution >= 0.6 is 23.2 Å². The Labute approximate surface area is 220 Å². The number of carbonyl (C=O) groups is 1. The van der Waals surface area contributed by atoms with Crippen molar-refractivity contribution in [2.75, 3.05) is 0 Å². The molecule has 3 unspecified atom stereocenters. The Morgan fingerprint density at radius 2 is 1.89 bits per heavy atom. The lowest BCUT2D eigenvalue weighted by Gasteiger charge is -2.25. The molecule has 1 heterocycles. The van der Waals surface area contributed by atoms with E-state index >= 15 is 0 Å². The van der Waals surface area contributed by atoms with Gasteiger partial charge in [-0.05, 0) is 43.9 Å². The number of H-pyrrole nitrogens is 1. The molecule has 0 bridgehead atoms. The Morgan fingerprint density at radius 1 is 1.17 bits per heavy atom. The maximum atomic E-state index is 12.4. The quantitative estimate of drug-likeness (QED) is 0.298. The average molecular weight is 525 g/mol. The molecule has 1 fully saturated rings. The standard InChI is InChI=1S/C29H30Cl2N2O3/c1-16(2)36-24-6-4-3-5-20(24)25-21(30)15-22-27(26(25)31)33-29(32-22)28(35)19-12-10-18(11-13-19)23(34)14-9-17-7-8-17/h3-6,10-13,15-17,21,25,28,35H,7-9,14H2,1-2H3,(H,32,33). The summed E-state index contributed by atoms with van der Waals surface area (Å²) in [5, 5.41) is 12.4. The van der Waals surface area contributed by atoms with E-state index in [1.165, 1.54) is 12.8 Å². The molecule has 0 aliphatic heterocycles. The van der Waals surface area contributed by atoms with Gasteiger partial charge in [0.25, 0.3) is 0 Å². The number of aliphatic hydroxyl groups excluding tert-OH is 1. The number of aromatic nitrogens is 2. The molecule has 3 aromatic rings. The summed E-state index contributed by atoms with van der Waals surface area (Å²) in [4.78, 5) is 20.3. The Morgan fingerprint density at radius 3 is 2.58 bits per heavy atom. The van der Waals surface area contributed by atoms with Gasteiger partial charge in [-0.15, -0.1) is 11.6 Å². The maximum Gasteiger partial charge on any atom is 0.162 e. The average Bonchev–Trinajstić information content (AvgIpc) is 3.60. The van der Waals surface area contributed by atoms with Crippen LogP contribution in [-0.2, 0) is 0 Å². The highest BCUT2D eigenvalue weighted by Gasteiger charge is 2.31. The maximum absolute atomic E-state index is 12.4. The molecular weight excluding hydrogens is 495 g/mol. The third-order valence-corrected chi connectivity index (χ3v) is 7.59. The van der Waals surface area contributed by atoms with Gasteiger partial charge in [-0.25, -0.2) is 4.98 Å². The van der Waals surface area contributed by atoms with Gasteiger partial charge in [0.15, 0.2) is 5.78 Å². The van der Waals surface area contributed by atoms with Crippen LogP contribution in [0.4, 0.5) is 0 Å². The van der Waals surface area contributed by atoms with Crippen LogP contribution in [0.5, 0.6) is 5.75 Å². The van der Waals surface area contributed by atoms with Crippen molar-refractivity contribution in [3.8, 4) is 5.75 Å². The van der Waals surface area contributed by atoms with E-state index in [1.54, 1.807) is 24.3 Å². The summed E-state index contributed by atoms with van der Waals surface area (Å²) in [5.41, 5.74) is 2.21. The molecule has 5 nitrogen and oxygen atoms in total. The molecule has 3 atom stereocenters. The normalized spacial score (nSPS) is 20.1. The Hall–Kier alpha value is -2.60. The van der Waals surface area contributed by atoms with Crippen LogP contribution in [0.1, 0.15) is 78.9 Å². The van der Waals surface area contributed by atoms with E-state index < -0.39 is 11.5 Å². The minimum atomic E-state index is -0.993. The molecule has 0 saturated heterocycles. The monoisotopic (exact) mass is 524 g/mol. The predicted octanol–water partition coefficient (Wildman–Crippen LogP) is 5.18. The number of alkyl halides is 1. The summed E-state index contributed by atoms with van der Waals surface area (Å²) in [7, 11) is 0. The van der Waals surface area contributed by atoms with E-state index in [1.807, 2.05) is 44.2 Å². The number of benzene rings is 2.